The minimum absolute atomic E-state index is 0.115. The lowest BCUT2D eigenvalue weighted by atomic mass is 10.0. The summed E-state index contributed by atoms with van der Waals surface area (Å²) in [5, 5.41) is 14.8. The number of hydrogen-bond acceptors (Lipinski definition) is 7. The first kappa shape index (κ1) is 34.0. The second-order valence-electron chi connectivity index (χ2n) is 11.1. The van der Waals surface area contributed by atoms with Crippen molar-refractivity contribution in [3.63, 3.8) is 0 Å². The van der Waals surface area contributed by atoms with Gasteiger partial charge < -0.3 is 29.5 Å². The average Bonchev–Trinajstić information content (AvgIpc) is 2.99. The molecule has 2 heterocycles. The largest absolute Gasteiger partial charge is 0.491 e. The number of benzene rings is 2. The fraction of sp³-hybridized carbons (Fsp3) is 0.531. The van der Waals surface area contributed by atoms with Crippen LogP contribution in [-0.2, 0) is 32.1 Å². The molecule has 0 saturated carbocycles. The van der Waals surface area contributed by atoms with Gasteiger partial charge in [0.25, 0.3) is 0 Å². The summed E-state index contributed by atoms with van der Waals surface area (Å²) in [6.07, 6.45) is 3.56. The molecule has 2 aliphatic rings. The van der Waals surface area contributed by atoms with Crippen LogP contribution in [0.4, 0.5) is 4.39 Å². The van der Waals surface area contributed by atoms with Gasteiger partial charge in [-0.3, -0.25) is 9.69 Å². The Balaban J connectivity index is 0.000000765. The first-order valence-electron chi connectivity index (χ1n) is 14.9. The number of piperidine rings is 1. The number of carboxylic acid groups (broad SMARTS) is 2. The molecule has 0 bridgehead atoms. The molecule has 2 fully saturated rings. The number of carbonyl (C=O) groups is 3. The van der Waals surface area contributed by atoms with Crippen molar-refractivity contribution in [1.29, 1.82) is 0 Å². The zero-order chi connectivity index (χ0) is 31.2. The van der Waals surface area contributed by atoms with Gasteiger partial charge in [-0.1, -0.05) is 24.3 Å². The molecule has 0 spiro atoms. The molecule has 2 aromatic rings. The van der Waals surface area contributed by atoms with Crippen LogP contribution in [0.5, 0.6) is 5.75 Å². The van der Waals surface area contributed by atoms with E-state index in [2.05, 4.69) is 9.80 Å². The summed E-state index contributed by atoms with van der Waals surface area (Å²) < 4.78 is 24.7. The molecule has 0 aromatic heterocycles. The molecule has 0 unspecified atom stereocenters. The molecule has 236 valence electrons. The van der Waals surface area contributed by atoms with E-state index < -0.39 is 11.9 Å². The topological polar surface area (TPSA) is 120 Å². The van der Waals surface area contributed by atoms with Crippen LogP contribution in [0.15, 0.2) is 48.5 Å². The monoisotopic (exact) mass is 601 g/mol. The third kappa shape index (κ3) is 12.3. The minimum atomic E-state index is -1.82. The lowest BCUT2D eigenvalue weighted by Crippen LogP contribution is -2.48. The third-order valence-corrected chi connectivity index (χ3v) is 7.47. The molecule has 0 aliphatic carbocycles. The van der Waals surface area contributed by atoms with Crippen LogP contribution in [0.2, 0.25) is 0 Å². The number of ether oxygens (including phenoxy) is 2. The van der Waals surface area contributed by atoms with E-state index in [0.29, 0.717) is 13.0 Å². The molecule has 2 aromatic carbocycles. The van der Waals surface area contributed by atoms with E-state index in [1.165, 1.54) is 18.6 Å². The van der Waals surface area contributed by atoms with E-state index in [4.69, 9.17) is 29.3 Å². The smallest absolute Gasteiger partial charge is 0.414 e. The second kappa shape index (κ2) is 17.5. The number of carbonyl (C=O) groups excluding carboxylic acids is 1. The predicted octanol–water partition coefficient (Wildman–Crippen LogP) is 3.53. The molecule has 10 nitrogen and oxygen atoms in total. The van der Waals surface area contributed by atoms with Crippen LogP contribution in [0.3, 0.4) is 0 Å². The van der Waals surface area contributed by atoms with E-state index >= 15 is 0 Å². The quantitative estimate of drug-likeness (QED) is 0.373. The lowest BCUT2D eigenvalue weighted by molar-refractivity contribution is -0.159. The summed E-state index contributed by atoms with van der Waals surface area (Å²) in [5.41, 5.74) is 1.94. The van der Waals surface area contributed by atoms with Gasteiger partial charge in [-0.25, -0.2) is 14.0 Å². The fourth-order valence-corrected chi connectivity index (χ4v) is 5.24. The van der Waals surface area contributed by atoms with E-state index in [-0.39, 0.29) is 23.9 Å². The first-order chi connectivity index (χ1) is 20.6. The van der Waals surface area contributed by atoms with Gasteiger partial charge in [-0.2, -0.15) is 0 Å². The van der Waals surface area contributed by atoms with Crippen molar-refractivity contribution in [2.45, 2.75) is 58.2 Å². The number of morpholine rings is 1. The molecule has 0 radical (unpaired) electrons. The van der Waals surface area contributed by atoms with E-state index in [1.807, 2.05) is 43.0 Å². The number of rotatable bonds is 11. The highest BCUT2D eigenvalue weighted by atomic mass is 19.1. The maximum atomic E-state index is 13.6. The molecule has 1 amide bonds. The molecule has 2 aliphatic heterocycles. The van der Waals surface area contributed by atoms with Gasteiger partial charge in [0, 0.05) is 38.8 Å². The van der Waals surface area contributed by atoms with Crippen molar-refractivity contribution in [2.75, 3.05) is 52.5 Å². The Morgan fingerprint density at radius 2 is 1.42 bits per heavy atom. The summed E-state index contributed by atoms with van der Waals surface area (Å²) >= 11 is 0. The van der Waals surface area contributed by atoms with Crippen LogP contribution < -0.4 is 4.74 Å². The van der Waals surface area contributed by atoms with E-state index in [1.54, 1.807) is 12.1 Å². The van der Waals surface area contributed by atoms with Crippen LogP contribution in [0.1, 0.15) is 44.2 Å². The highest BCUT2D eigenvalue weighted by molar-refractivity contribution is 6.27. The molecule has 4 rings (SSSR count). The highest BCUT2D eigenvalue weighted by Gasteiger charge is 2.28. The number of hydrogen-bond donors (Lipinski definition) is 2. The van der Waals surface area contributed by atoms with Crippen LogP contribution >= 0.6 is 0 Å². The van der Waals surface area contributed by atoms with Crippen molar-refractivity contribution >= 4 is 17.8 Å². The Bertz CT molecular complexity index is 1130. The van der Waals surface area contributed by atoms with Gasteiger partial charge in [0.15, 0.2) is 0 Å². The molecular formula is C32H44FN3O7. The Kier molecular flexibility index (Phi) is 13.9. The zero-order valence-corrected chi connectivity index (χ0v) is 25.1. The fourth-order valence-electron chi connectivity index (χ4n) is 5.24. The minimum Gasteiger partial charge on any atom is -0.491 e. The molecule has 43 heavy (non-hydrogen) atoms. The van der Waals surface area contributed by atoms with Crippen LogP contribution in [0, 0.1) is 5.82 Å². The zero-order valence-electron chi connectivity index (χ0n) is 25.1. The Morgan fingerprint density at radius 1 is 0.884 bits per heavy atom. The standard InChI is InChI=1S/C30H42FN3O3.C2H2O4/c1-24(2)37-29-10-6-25(7-11-29)22-30(35)34(23-26-4-8-27(31)9-5-26)28-12-16-32(17-13-28)14-3-15-33-18-20-36-21-19-33;3-1(4)2(5)6/h4-11,24,28H,3,12-23H2,1-2H3;(H,3,4)(H,5,6). The van der Waals surface area contributed by atoms with Crippen molar-refractivity contribution in [3.8, 4) is 5.75 Å². The summed E-state index contributed by atoms with van der Waals surface area (Å²) in [4.78, 5) is 38.8. The Labute approximate surface area is 253 Å². The lowest BCUT2D eigenvalue weighted by Gasteiger charge is -2.39. The number of likely N-dealkylation sites (tertiary alicyclic amines) is 1. The predicted molar refractivity (Wildman–Crippen MR) is 159 cm³/mol. The van der Waals surface area contributed by atoms with Gasteiger partial charge in [0.2, 0.25) is 5.91 Å². The van der Waals surface area contributed by atoms with Gasteiger partial charge in [0.1, 0.15) is 11.6 Å². The second-order valence-corrected chi connectivity index (χ2v) is 11.1. The summed E-state index contributed by atoms with van der Waals surface area (Å²) in [6, 6.07) is 14.5. The summed E-state index contributed by atoms with van der Waals surface area (Å²) in [7, 11) is 0. The molecule has 2 N–H and O–H groups in total. The number of nitrogens with zero attached hydrogens (tertiary/aromatic N) is 3. The SMILES string of the molecule is CC(C)Oc1ccc(CC(=O)N(Cc2ccc(F)cc2)C2CCN(CCCN3CCOCC3)CC2)cc1.O=C(O)C(=O)O. The number of halogens is 1. The maximum Gasteiger partial charge on any atom is 0.414 e. The molecule has 0 atom stereocenters. The van der Waals surface area contributed by atoms with Crippen LogP contribution in [0.25, 0.3) is 0 Å². The molecule has 2 saturated heterocycles. The van der Waals surface area contributed by atoms with Crippen LogP contribution in [-0.4, -0.2) is 107 Å². The Morgan fingerprint density at radius 3 is 1.95 bits per heavy atom. The molecular weight excluding hydrogens is 557 g/mol. The average molecular weight is 602 g/mol. The van der Waals surface area contributed by atoms with Crippen molar-refractivity contribution in [3.05, 3.63) is 65.5 Å². The highest BCUT2D eigenvalue weighted by Crippen LogP contribution is 2.22. The summed E-state index contributed by atoms with van der Waals surface area (Å²) in [6.45, 7) is 12.5. The normalized spacial score (nSPS) is 16.3. The van der Waals surface area contributed by atoms with Gasteiger partial charge in [0.05, 0.1) is 25.7 Å². The van der Waals surface area contributed by atoms with Crippen molar-refractivity contribution in [1.82, 2.24) is 14.7 Å². The molecule has 11 heteroatoms. The van der Waals surface area contributed by atoms with Gasteiger partial charge in [-0.05, 0) is 81.6 Å². The van der Waals surface area contributed by atoms with E-state index in [9.17, 15) is 9.18 Å². The maximum absolute atomic E-state index is 13.6. The Hall–Kier alpha value is -3.54. The van der Waals surface area contributed by atoms with Crippen molar-refractivity contribution < 1.29 is 38.5 Å². The first-order valence-corrected chi connectivity index (χ1v) is 14.9. The number of aliphatic carboxylic acids is 2. The third-order valence-electron chi connectivity index (χ3n) is 7.47. The number of carboxylic acids is 2. The number of amides is 1. The van der Waals surface area contributed by atoms with Gasteiger partial charge in [-0.15, -0.1) is 0 Å². The van der Waals surface area contributed by atoms with Gasteiger partial charge >= 0.3 is 11.9 Å². The van der Waals surface area contributed by atoms with E-state index in [0.717, 1.165) is 82.2 Å². The summed E-state index contributed by atoms with van der Waals surface area (Å²) in [5.74, 6) is -2.97. The van der Waals surface area contributed by atoms with Crippen molar-refractivity contribution in [2.24, 2.45) is 0 Å².